The minimum Gasteiger partial charge on any atom is -0.178 e. The molecule has 0 fully saturated rings. The molecule has 0 aliphatic carbocycles. The van der Waals surface area contributed by atoms with E-state index in [4.69, 9.17) is 11.8 Å². The highest BCUT2D eigenvalue weighted by atomic mass is 35.5. The molecule has 0 amide bonds. The summed E-state index contributed by atoms with van der Waals surface area (Å²) in [6.07, 6.45) is 1.03. The molecule has 0 heterocycles. The maximum atomic E-state index is 5.28. The first-order chi connectivity index (χ1) is 4.86. The average Bonchev–Trinajstić information content (AvgIpc) is 2.05. The quantitative estimate of drug-likeness (QED) is 0.622. The van der Waals surface area contributed by atoms with Crippen LogP contribution in [0.15, 0.2) is 24.3 Å². The minimum absolute atomic E-state index is 0.834. The molecule has 1 rings (SSSR count). The first kappa shape index (κ1) is 7.42. The summed E-state index contributed by atoms with van der Waals surface area (Å²) in [4.78, 5) is 3.55. The highest BCUT2D eigenvalue weighted by Gasteiger charge is 1.91. The first-order valence-electron chi connectivity index (χ1n) is 3.27. The third-order valence-electron chi connectivity index (χ3n) is 1.42. The molecule has 0 saturated carbocycles. The average molecular weight is 155 g/mol. The second-order valence-electron chi connectivity index (χ2n) is 2.11. The fourth-order valence-electron chi connectivity index (χ4n) is 0.829. The van der Waals surface area contributed by atoms with Crippen molar-refractivity contribution in [3.8, 4) is 0 Å². The summed E-state index contributed by atoms with van der Waals surface area (Å²) in [5.41, 5.74) is 2.10. The molecule has 0 aliphatic rings. The van der Waals surface area contributed by atoms with E-state index in [1.54, 1.807) is 0 Å². The lowest BCUT2D eigenvalue weighted by atomic mass is 10.1. The Morgan fingerprint density at radius 2 is 2.30 bits per heavy atom. The lowest BCUT2D eigenvalue weighted by Crippen LogP contribution is -1.82. The Morgan fingerprint density at radius 1 is 1.50 bits per heavy atom. The van der Waals surface area contributed by atoms with Crippen molar-refractivity contribution in [1.82, 2.24) is 4.84 Å². The van der Waals surface area contributed by atoms with Gasteiger partial charge < -0.3 is 0 Å². The molecule has 1 aromatic rings. The van der Waals surface area contributed by atoms with E-state index in [1.807, 2.05) is 18.2 Å². The van der Waals surface area contributed by atoms with E-state index in [9.17, 15) is 0 Å². The van der Waals surface area contributed by atoms with Crippen molar-refractivity contribution in [2.24, 2.45) is 0 Å². The van der Waals surface area contributed by atoms with E-state index < -0.39 is 0 Å². The Labute approximate surface area is 66.1 Å². The van der Waals surface area contributed by atoms with Gasteiger partial charge in [-0.25, -0.2) is 0 Å². The van der Waals surface area contributed by atoms with Crippen molar-refractivity contribution in [2.75, 3.05) is 0 Å². The summed E-state index contributed by atoms with van der Waals surface area (Å²) in [5.74, 6) is 0. The third-order valence-corrected chi connectivity index (χ3v) is 1.61. The number of benzene rings is 1. The Balaban J connectivity index is 2.87. The third kappa shape index (κ3) is 1.64. The zero-order chi connectivity index (χ0) is 7.40. The van der Waals surface area contributed by atoms with E-state index in [0.29, 0.717) is 0 Å². The van der Waals surface area contributed by atoms with Gasteiger partial charge in [-0.1, -0.05) is 19.1 Å². The second kappa shape index (κ2) is 3.47. The van der Waals surface area contributed by atoms with Gasteiger partial charge in [-0.3, -0.25) is 0 Å². The van der Waals surface area contributed by atoms with Crippen molar-refractivity contribution in [1.29, 1.82) is 0 Å². The van der Waals surface area contributed by atoms with Crippen molar-refractivity contribution in [2.45, 2.75) is 13.3 Å². The summed E-state index contributed by atoms with van der Waals surface area (Å²) in [6, 6.07) is 7.88. The first-order valence-corrected chi connectivity index (χ1v) is 3.61. The molecule has 0 aromatic heterocycles. The van der Waals surface area contributed by atoms with Crippen molar-refractivity contribution in [3.63, 3.8) is 0 Å². The molecule has 1 radical (unpaired) electrons. The monoisotopic (exact) mass is 154 g/mol. The van der Waals surface area contributed by atoms with Gasteiger partial charge >= 0.3 is 0 Å². The predicted molar refractivity (Wildman–Crippen MR) is 43.5 cm³/mol. The van der Waals surface area contributed by atoms with Gasteiger partial charge in [0.05, 0.1) is 5.69 Å². The van der Waals surface area contributed by atoms with Gasteiger partial charge in [0, 0.05) is 11.8 Å². The summed E-state index contributed by atoms with van der Waals surface area (Å²) in [5, 5.41) is 0. The van der Waals surface area contributed by atoms with Gasteiger partial charge in [0.25, 0.3) is 0 Å². The van der Waals surface area contributed by atoms with Gasteiger partial charge in [-0.2, -0.15) is 4.84 Å². The van der Waals surface area contributed by atoms with Crippen LogP contribution in [-0.2, 0) is 6.42 Å². The maximum absolute atomic E-state index is 5.28. The molecule has 0 spiro atoms. The topological polar surface area (TPSA) is 14.1 Å². The number of hydrogen-bond donors (Lipinski definition) is 0. The van der Waals surface area contributed by atoms with Crippen LogP contribution in [-0.4, -0.2) is 0 Å². The van der Waals surface area contributed by atoms with Gasteiger partial charge in [0.1, 0.15) is 0 Å². The summed E-state index contributed by atoms with van der Waals surface area (Å²) >= 11 is 5.28. The minimum atomic E-state index is 0.834. The van der Waals surface area contributed by atoms with Gasteiger partial charge in [0.2, 0.25) is 0 Å². The van der Waals surface area contributed by atoms with Crippen LogP contribution >= 0.6 is 11.8 Å². The summed E-state index contributed by atoms with van der Waals surface area (Å²) in [6.45, 7) is 2.10. The van der Waals surface area contributed by atoms with E-state index in [-0.39, 0.29) is 0 Å². The van der Waals surface area contributed by atoms with Crippen LogP contribution in [0.1, 0.15) is 12.5 Å². The van der Waals surface area contributed by atoms with E-state index in [0.717, 1.165) is 12.1 Å². The van der Waals surface area contributed by atoms with Crippen molar-refractivity contribution in [3.05, 3.63) is 29.8 Å². The fraction of sp³-hybridized carbons (Fsp3) is 0.250. The zero-order valence-corrected chi connectivity index (χ0v) is 6.60. The zero-order valence-electron chi connectivity index (χ0n) is 5.84. The summed E-state index contributed by atoms with van der Waals surface area (Å²) < 4.78 is 0. The molecule has 0 unspecified atom stereocenters. The van der Waals surface area contributed by atoms with Crippen LogP contribution in [0.25, 0.3) is 0 Å². The molecular weight excluding hydrogens is 146 g/mol. The molecule has 10 heavy (non-hydrogen) atoms. The summed E-state index contributed by atoms with van der Waals surface area (Å²) in [7, 11) is 0. The largest absolute Gasteiger partial charge is 0.178 e. The van der Waals surface area contributed by atoms with Crippen LogP contribution in [0, 0.1) is 0 Å². The fourth-order valence-corrected chi connectivity index (χ4v) is 0.934. The lowest BCUT2D eigenvalue weighted by molar-refractivity contribution is 1.13. The molecule has 0 bridgehead atoms. The molecule has 0 aliphatic heterocycles. The van der Waals surface area contributed by atoms with Crippen molar-refractivity contribution >= 4 is 17.5 Å². The molecule has 1 aromatic carbocycles. The van der Waals surface area contributed by atoms with Crippen LogP contribution in [0.2, 0.25) is 0 Å². The number of aryl methyl sites for hydroxylation is 1. The van der Waals surface area contributed by atoms with E-state index in [2.05, 4.69) is 17.8 Å². The smallest absolute Gasteiger partial charge is 0.0779 e. The Bertz CT molecular complexity index is 191. The Kier molecular flexibility index (Phi) is 2.57. The number of nitrogens with zero attached hydrogens (tertiary/aromatic N) is 1. The second-order valence-corrected chi connectivity index (χ2v) is 2.28. The SMILES string of the molecule is CCc1cccc([N]Cl)c1. The maximum Gasteiger partial charge on any atom is 0.0779 e. The highest BCUT2D eigenvalue weighted by molar-refractivity contribution is 6.15. The molecule has 1 nitrogen and oxygen atoms in total. The Morgan fingerprint density at radius 3 is 2.90 bits per heavy atom. The van der Waals surface area contributed by atoms with Gasteiger partial charge in [0.15, 0.2) is 0 Å². The lowest BCUT2D eigenvalue weighted by Gasteiger charge is -1.96. The van der Waals surface area contributed by atoms with Crippen LogP contribution in [0.4, 0.5) is 5.69 Å². The Hall–Kier alpha value is -0.690. The molecular formula is C8H9ClN. The van der Waals surface area contributed by atoms with Crippen LogP contribution in [0.3, 0.4) is 0 Å². The molecule has 53 valence electrons. The van der Waals surface area contributed by atoms with E-state index >= 15 is 0 Å². The number of rotatable bonds is 2. The number of halogens is 1. The van der Waals surface area contributed by atoms with Crippen LogP contribution in [0.5, 0.6) is 0 Å². The molecule has 0 saturated heterocycles. The molecule has 0 atom stereocenters. The molecule has 0 N–H and O–H groups in total. The van der Waals surface area contributed by atoms with E-state index in [1.165, 1.54) is 5.56 Å². The van der Waals surface area contributed by atoms with Crippen LogP contribution < -0.4 is 4.84 Å². The number of hydrogen-bond acceptors (Lipinski definition) is 0. The standard InChI is InChI=1S/C8H9ClN/c1-2-7-4-3-5-8(6-7)10-9/h3-6H,2H2,1H3. The highest BCUT2D eigenvalue weighted by Crippen LogP contribution is 2.11. The molecule has 2 heteroatoms. The predicted octanol–water partition coefficient (Wildman–Crippen LogP) is 2.64. The normalized spacial score (nSPS) is 9.40. The van der Waals surface area contributed by atoms with Gasteiger partial charge in [-0.05, 0) is 24.1 Å². The van der Waals surface area contributed by atoms with Crippen molar-refractivity contribution < 1.29 is 0 Å². The van der Waals surface area contributed by atoms with Gasteiger partial charge in [-0.15, -0.1) is 0 Å².